The van der Waals surface area contributed by atoms with Gasteiger partial charge in [-0.05, 0) is 41.0 Å². The molecule has 148 valence electrons. The van der Waals surface area contributed by atoms with E-state index in [9.17, 15) is 9.59 Å². The van der Waals surface area contributed by atoms with Crippen molar-refractivity contribution in [1.82, 2.24) is 4.90 Å². The SMILES string of the molecule is NC(=O)[C@@]1(Cc2ccccc2-c2cccs2)CCN(C(=O)Cc2ccccc2)C1. The van der Waals surface area contributed by atoms with Crippen LogP contribution in [0.15, 0.2) is 72.1 Å². The van der Waals surface area contributed by atoms with Crippen LogP contribution in [0.5, 0.6) is 0 Å². The molecule has 2 aromatic carbocycles. The summed E-state index contributed by atoms with van der Waals surface area (Å²) in [5.41, 5.74) is 8.39. The van der Waals surface area contributed by atoms with Crippen LogP contribution in [0, 0.1) is 5.41 Å². The fraction of sp³-hybridized carbons (Fsp3) is 0.250. The number of primary amides is 1. The van der Waals surface area contributed by atoms with E-state index in [1.807, 2.05) is 48.5 Å². The fourth-order valence-corrected chi connectivity index (χ4v) is 4.90. The van der Waals surface area contributed by atoms with E-state index in [1.54, 1.807) is 16.2 Å². The molecule has 29 heavy (non-hydrogen) atoms. The highest BCUT2D eigenvalue weighted by Crippen LogP contribution is 2.38. The lowest BCUT2D eigenvalue weighted by molar-refractivity contribution is -0.131. The minimum Gasteiger partial charge on any atom is -0.369 e. The van der Waals surface area contributed by atoms with Crippen LogP contribution in [0.3, 0.4) is 0 Å². The number of amides is 2. The van der Waals surface area contributed by atoms with Crippen molar-refractivity contribution in [3.8, 4) is 10.4 Å². The Hall–Kier alpha value is -2.92. The van der Waals surface area contributed by atoms with Gasteiger partial charge in [0.05, 0.1) is 11.8 Å². The van der Waals surface area contributed by atoms with Crippen LogP contribution in [0.25, 0.3) is 10.4 Å². The minimum atomic E-state index is -0.723. The first-order valence-corrected chi connectivity index (χ1v) is 10.7. The quantitative estimate of drug-likeness (QED) is 0.677. The summed E-state index contributed by atoms with van der Waals surface area (Å²) in [6, 6.07) is 22.0. The molecule has 0 bridgehead atoms. The summed E-state index contributed by atoms with van der Waals surface area (Å²) in [4.78, 5) is 28.3. The van der Waals surface area contributed by atoms with E-state index < -0.39 is 5.41 Å². The van der Waals surface area contributed by atoms with E-state index in [4.69, 9.17) is 5.73 Å². The van der Waals surface area contributed by atoms with Gasteiger partial charge in [0, 0.05) is 18.0 Å². The maximum Gasteiger partial charge on any atom is 0.227 e. The smallest absolute Gasteiger partial charge is 0.227 e. The Morgan fingerprint density at radius 2 is 1.76 bits per heavy atom. The Bertz CT molecular complexity index is 1000. The van der Waals surface area contributed by atoms with Gasteiger partial charge >= 0.3 is 0 Å². The van der Waals surface area contributed by atoms with Gasteiger partial charge in [0.25, 0.3) is 0 Å². The van der Waals surface area contributed by atoms with E-state index in [2.05, 4.69) is 23.6 Å². The first kappa shape index (κ1) is 19.4. The molecule has 2 N–H and O–H groups in total. The van der Waals surface area contributed by atoms with Crippen LogP contribution in [-0.2, 0) is 22.4 Å². The van der Waals surface area contributed by atoms with Crippen molar-refractivity contribution in [3.05, 3.63) is 83.2 Å². The zero-order valence-corrected chi connectivity index (χ0v) is 17.0. The van der Waals surface area contributed by atoms with E-state index in [0.29, 0.717) is 32.4 Å². The Balaban J connectivity index is 1.55. The third-order valence-electron chi connectivity index (χ3n) is 5.76. The molecular weight excluding hydrogens is 380 g/mol. The Morgan fingerprint density at radius 3 is 2.48 bits per heavy atom. The van der Waals surface area contributed by atoms with E-state index in [-0.39, 0.29) is 11.8 Å². The average Bonchev–Trinajstić information content (AvgIpc) is 3.40. The number of nitrogens with two attached hydrogens (primary N) is 1. The van der Waals surface area contributed by atoms with Gasteiger partial charge in [0.1, 0.15) is 0 Å². The number of hydrogen-bond acceptors (Lipinski definition) is 3. The number of rotatable bonds is 6. The molecule has 1 aromatic heterocycles. The van der Waals surface area contributed by atoms with Gasteiger partial charge in [-0.25, -0.2) is 0 Å². The third-order valence-corrected chi connectivity index (χ3v) is 6.66. The number of thiophene rings is 1. The summed E-state index contributed by atoms with van der Waals surface area (Å²) in [5.74, 6) is -0.278. The molecule has 1 fully saturated rings. The number of hydrogen-bond donors (Lipinski definition) is 1. The number of carbonyl (C=O) groups is 2. The molecular formula is C24H24N2O2S. The highest BCUT2D eigenvalue weighted by Gasteiger charge is 2.45. The number of benzene rings is 2. The molecule has 0 unspecified atom stereocenters. The number of nitrogens with zero attached hydrogens (tertiary/aromatic N) is 1. The second-order valence-corrected chi connectivity index (χ2v) is 8.63. The fourth-order valence-electron chi connectivity index (χ4n) is 4.11. The van der Waals surface area contributed by atoms with Crippen molar-refractivity contribution < 1.29 is 9.59 Å². The standard InChI is InChI=1S/C24H24N2O2S/c25-23(28)24(16-19-9-4-5-10-20(19)21-11-6-14-29-21)12-13-26(17-24)22(27)15-18-7-2-1-3-8-18/h1-11,14H,12-13,15-17H2,(H2,25,28)/t24-/m1/s1. The molecule has 0 radical (unpaired) electrons. The summed E-state index contributed by atoms with van der Waals surface area (Å²) in [6.45, 7) is 0.947. The van der Waals surface area contributed by atoms with Gasteiger partial charge < -0.3 is 10.6 Å². The van der Waals surface area contributed by atoms with Crippen molar-refractivity contribution in [1.29, 1.82) is 0 Å². The summed E-state index contributed by atoms with van der Waals surface area (Å²) < 4.78 is 0. The molecule has 1 aliphatic rings. The van der Waals surface area contributed by atoms with E-state index in [0.717, 1.165) is 16.7 Å². The van der Waals surface area contributed by atoms with Crippen LogP contribution in [0.4, 0.5) is 0 Å². The molecule has 0 saturated carbocycles. The lowest BCUT2D eigenvalue weighted by Crippen LogP contribution is -2.42. The first-order chi connectivity index (χ1) is 14.1. The average molecular weight is 405 g/mol. The molecule has 4 rings (SSSR count). The number of carbonyl (C=O) groups excluding carboxylic acids is 2. The highest BCUT2D eigenvalue weighted by molar-refractivity contribution is 7.13. The van der Waals surface area contributed by atoms with Gasteiger partial charge in [0.2, 0.25) is 11.8 Å². The molecule has 2 amide bonds. The van der Waals surface area contributed by atoms with Gasteiger partial charge in [0.15, 0.2) is 0 Å². The maximum atomic E-state index is 12.8. The Labute approximate surface area is 175 Å². The molecule has 1 atom stereocenters. The van der Waals surface area contributed by atoms with Gasteiger partial charge in [-0.15, -0.1) is 11.3 Å². The molecule has 1 saturated heterocycles. The summed E-state index contributed by atoms with van der Waals surface area (Å²) in [6.07, 6.45) is 1.49. The molecule has 1 aliphatic heterocycles. The second-order valence-electron chi connectivity index (χ2n) is 7.68. The lowest BCUT2D eigenvalue weighted by atomic mass is 9.79. The van der Waals surface area contributed by atoms with Crippen molar-refractivity contribution in [2.75, 3.05) is 13.1 Å². The molecule has 3 aromatic rings. The summed E-state index contributed by atoms with van der Waals surface area (Å²) >= 11 is 1.68. The van der Waals surface area contributed by atoms with Gasteiger partial charge in [-0.3, -0.25) is 9.59 Å². The largest absolute Gasteiger partial charge is 0.369 e. The third kappa shape index (κ3) is 4.10. The Morgan fingerprint density at radius 1 is 1.00 bits per heavy atom. The topological polar surface area (TPSA) is 63.4 Å². The summed E-state index contributed by atoms with van der Waals surface area (Å²) in [7, 11) is 0. The van der Waals surface area contributed by atoms with Crippen molar-refractivity contribution in [3.63, 3.8) is 0 Å². The maximum absolute atomic E-state index is 12.8. The van der Waals surface area contributed by atoms with Crippen LogP contribution < -0.4 is 5.73 Å². The monoisotopic (exact) mass is 404 g/mol. The highest BCUT2D eigenvalue weighted by atomic mass is 32.1. The van der Waals surface area contributed by atoms with Crippen molar-refractivity contribution >= 4 is 23.2 Å². The molecule has 5 heteroatoms. The van der Waals surface area contributed by atoms with E-state index >= 15 is 0 Å². The molecule has 4 nitrogen and oxygen atoms in total. The van der Waals surface area contributed by atoms with Gasteiger partial charge in [-0.2, -0.15) is 0 Å². The summed E-state index contributed by atoms with van der Waals surface area (Å²) in [5, 5.41) is 2.05. The zero-order valence-electron chi connectivity index (χ0n) is 16.2. The normalized spacial score (nSPS) is 18.7. The van der Waals surface area contributed by atoms with E-state index in [1.165, 1.54) is 4.88 Å². The lowest BCUT2D eigenvalue weighted by Gasteiger charge is -2.27. The van der Waals surface area contributed by atoms with Crippen LogP contribution in [-0.4, -0.2) is 29.8 Å². The molecule has 0 aliphatic carbocycles. The second kappa shape index (κ2) is 8.21. The molecule has 2 heterocycles. The molecule has 0 spiro atoms. The predicted octanol–water partition coefficient (Wildman–Crippen LogP) is 3.90. The van der Waals surface area contributed by atoms with Crippen molar-refractivity contribution in [2.45, 2.75) is 19.3 Å². The van der Waals surface area contributed by atoms with Crippen LogP contribution in [0.1, 0.15) is 17.5 Å². The van der Waals surface area contributed by atoms with Gasteiger partial charge in [-0.1, -0.05) is 60.7 Å². The van der Waals surface area contributed by atoms with Crippen LogP contribution in [0.2, 0.25) is 0 Å². The minimum absolute atomic E-state index is 0.0471. The number of likely N-dealkylation sites (tertiary alicyclic amines) is 1. The first-order valence-electron chi connectivity index (χ1n) is 9.81. The Kier molecular flexibility index (Phi) is 5.49. The van der Waals surface area contributed by atoms with Crippen molar-refractivity contribution in [2.24, 2.45) is 11.1 Å². The van der Waals surface area contributed by atoms with Crippen LogP contribution >= 0.6 is 11.3 Å². The zero-order chi connectivity index (χ0) is 20.3. The predicted molar refractivity (Wildman–Crippen MR) is 116 cm³/mol.